The Morgan fingerprint density at radius 3 is 2.42 bits per heavy atom. The standard InChI is InChI=1S/C23H25N3/c1-2-25-14-16-26(17-15-25)22-12-10-21(11-13-22)24-18-20-8-5-7-19-6-3-4-9-23(19)20/h3-13,18H,2,14-17H2,1H3/p+1. The number of aliphatic imine (C=N–C) groups is 1. The van der Waals surface area contributed by atoms with Gasteiger partial charge in [0.15, 0.2) is 0 Å². The lowest BCUT2D eigenvalue weighted by molar-refractivity contribution is -0.898. The van der Waals surface area contributed by atoms with Crippen molar-refractivity contribution >= 4 is 28.4 Å². The minimum Gasteiger partial charge on any atom is -0.360 e. The summed E-state index contributed by atoms with van der Waals surface area (Å²) in [4.78, 5) is 8.88. The van der Waals surface area contributed by atoms with E-state index < -0.39 is 0 Å². The van der Waals surface area contributed by atoms with Gasteiger partial charge in [0.2, 0.25) is 0 Å². The van der Waals surface area contributed by atoms with Crippen LogP contribution in [0.1, 0.15) is 12.5 Å². The first kappa shape index (κ1) is 16.8. The van der Waals surface area contributed by atoms with Crippen molar-refractivity contribution in [3.05, 3.63) is 72.3 Å². The summed E-state index contributed by atoms with van der Waals surface area (Å²) in [6.07, 6.45) is 1.97. The highest BCUT2D eigenvalue weighted by molar-refractivity contribution is 6.00. The van der Waals surface area contributed by atoms with Gasteiger partial charge in [0.05, 0.1) is 38.4 Å². The van der Waals surface area contributed by atoms with Crippen molar-refractivity contribution in [3.63, 3.8) is 0 Å². The van der Waals surface area contributed by atoms with Crippen molar-refractivity contribution < 1.29 is 4.90 Å². The van der Waals surface area contributed by atoms with E-state index in [-0.39, 0.29) is 0 Å². The number of fused-ring (bicyclic) bond motifs is 1. The van der Waals surface area contributed by atoms with E-state index in [2.05, 4.69) is 78.6 Å². The summed E-state index contributed by atoms with van der Waals surface area (Å²) in [5, 5.41) is 2.49. The fraction of sp³-hybridized carbons (Fsp3) is 0.261. The van der Waals surface area contributed by atoms with Crippen LogP contribution in [0.4, 0.5) is 11.4 Å². The Balaban J connectivity index is 1.48. The average Bonchev–Trinajstić information content (AvgIpc) is 2.73. The molecule has 1 saturated heterocycles. The van der Waals surface area contributed by atoms with Gasteiger partial charge in [0.1, 0.15) is 0 Å². The largest absolute Gasteiger partial charge is 0.360 e. The second-order valence-electron chi connectivity index (χ2n) is 6.93. The predicted molar refractivity (Wildman–Crippen MR) is 111 cm³/mol. The zero-order valence-corrected chi connectivity index (χ0v) is 15.4. The Morgan fingerprint density at radius 1 is 0.923 bits per heavy atom. The molecule has 1 N–H and O–H groups in total. The maximum Gasteiger partial charge on any atom is 0.0949 e. The van der Waals surface area contributed by atoms with E-state index in [1.807, 2.05) is 6.21 Å². The molecule has 1 aliphatic rings. The fourth-order valence-electron chi connectivity index (χ4n) is 3.69. The number of anilines is 1. The van der Waals surface area contributed by atoms with Gasteiger partial charge in [0.25, 0.3) is 0 Å². The van der Waals surface area contributed by atoms with Gasteiger partial charge in [0, 0.05) is 17.5 Å². The minimum absolute atomic E-state index is 1.000. The topological polar surface area (TPSA) is 20.0 Å². The third kappa shape index (κ3) is 3.63. The van der Waals surface area contributed by atoms with Gasteiger partial charge in [-0.3, -0.25) is 4.99 Å². The number of piperazine rings is 1. The smallest absolute Gasteiger partial charge is 0.0949 e. The molecule has 0 unspecified atom stereocenters. The Kier molecular flexibility index (Phi) is 4.98. The molecule has 3 nitrogen and oxygen atoms in total. The fourth-order valence-corrected chi connectivity index (χ4v) is 3.69. The van der Waals surface area contributed by atoms with Gasteiger partial charge in [-0.25, -0.2) is 0 Å². The van der Waals surface area contributed by atoms with E-state index in [9.17, 15) is 0 Å². The van der Waals surface area contributed by atoms with Crippen molar-refractivity contribution in [1.82, 2.24) is 0 Å². The predicted octanol–water partition coefficient (Wildman–Crippen LogP) is 3.32. The van der Waals surface area contributed by atoms with E-state index in [4.69, 9.17) is 4.99 Å². The van der Waals surface area contributed by atoms with Gasteiger partial charge < -0.3 is 9.80 Å². The van der Waals surface area contributed by atoms with Crippen LogP contribution in [0.3, 0.4) is 0 Å². The number of rotatable bonds is 4. The van der Waals surface area contributed by atoms with Crippen LogP contribution >= 0.6 is 0 Å². The van der Waals surface area contributed by atoms with Crippen LogP contribution in [0.25, 0.3) is 10.8 Å². The molecule has 132 valence electrons. The maximum absolute atomic E-state index is 4.69. The van der Waals surface area contributed by atoms with Gasteiger partial charge in [-0.2, -0.15) is 0 Å². The lowest BCUT2D eigenvalue weighted by atomic mass is 10.1. The maximum atomic E-state index is 4.69. The molecule has 0 bridgehead atoms. The van der Waals surface area contributed by atoms with E-state index in [0.717, 1.165) is 24.3 Å². The molecule has 4 rings (SSSR count). The lowest BCUT2D eigenvalue weighted by Crippen LogP contribution is -3.14. The molecule has 0 aliphatic carbocycles. The molecular weight excluding hydrogens is 318 g/mol. The first-order valence-corrected chi connectivity index (χ1v) is 9.54. The third-order valence-corrected chi connectivity index (χ3v) is 5.36. The summed E-state index contributed by atoms with van der Waals surface area (Å²) in [7, 11) is 0. The Morgan fingerprint density at radius 2 is 1.65 bits per heavy atom. The van der Waals surface area contributed by atoms with Gasteiger partial charge in [-0.15, -0.1) is 0 Å². The van der Waals surface area contributed by atoms with Crippen LogP contribution in [0.5, 0.6) is 0 Å². The van der Waals surface area contributed by atoms with Crippen molar-refractivity contribution in [2.75, 3.05) is 37.6 Å². The van der Waals surface area contributed by atoms with Crippen LogP contribution in [-0.2, 0) is 0 Å². The summed E-state index contributed by atoms with van der Waals surface area (Å²) >= 11 is 0. The normalized spacial score (nSPS) is 15.8. The van der Waals surface area contributed by atoms with Crippen LogP contribution in [0.15, 0.2) is 71.7 Å². The number of quaternary nitrogens is 1. The van der Waals surface area contributed by atoms with Crippen LogP contribution < -0.4 is 9.80 Å². The highest BCUT2D eigenvalue weighted by Crippen LogP contribution is 2.21. The monoisotopic (exact) mass is 344 g/mol. The van der Waals surface area contributed by atoms with E-state index >= 15 is 0 Å². The SMILES string of the molecule is CC[NH+]1CCN(c2ccc(N=Cc3cccc4ccccc34)cc2)CC1. The molecule has 0 atom stereocenters. The van der Waals surface area contributed by atoms with Crippen LogP contribution in [0.2, 0.25) is 0 Å². The number of nitrogens with zero attached hydrogens (tertiary/aromatic N) is 2. The summed E-state index contributed by atoms with van der Waals surface area (Å²) in [5.41, 5.74) is 3.47. The molecule has 3 aromatic carbocycles. The van der Waals surface area contributed by atoms with Gasteiger partial charge in [-0.05, 0) is 42.0 Å². The number of hydrogen-bond acceptors (Lipinski definition) is 2. The van der Waals surface area contributed by atoms with Gasteiger partial charge in [-0.1, -0.05) is 42.5 Å². The first-order chi connectivity index (χ1) is 12.8. The number of benzene rings is 3. The second kappa shape index (κ2) is 7.71. The molecule has 1 aliphatic heterocycles. The molecule has 0 radical (unpaired) electrons. The van der Waals surface area contributed by atoms with Crippen LogP contribution in [-0.4, -0.2) is 38.9 Å². The Hall–Kier alpha value is -2.65. The second-order valence-corrected chi connectivity index (χ2v) is 6.93. The Labute approximate surface area is 155 Å². The number of hydrogen-bond donors (Lipinski definition) is 1. The third-order valence-electron chi connectivity index (χ3n) is 5.36. The minimum atomic E-state index is 1.000. The van der Waals surface area contributed by atoms with E-state index in [0.29, 0.717) is 0 Å². The molecule has 0 spiro atoms. The first-order valence-electron chi connectivity index (χ1n) is 9.54. The van der Waals surface area contributed by atoms with E-state index in [1.165, 1.54) is 36.1 Å². The highest BCUT2D eigenvalue weighted by atomic mass is 15.3. The number of nitrogens with one attached hydrogen (secondary N) is 1. The summed E-state index contributed by atoms with van der Waals surface area (Å²) in [6, 6.07) is 23.4. The van der Waals surface area contributed by atoms with Crippen LogP contribution in [0, 0.1) is 0 Å². The lowest BCUT2D eigenvalue weighted by Gasteiger charge is -2.33. The summed E-state index contributed by atoms with van der Waals surface area (Å²) in [6.45, 7) is 8.25. The quantitative estimate of drug-likeness (QED) is 0.720. The van der Waals surface area contributed by atoms with Crippen molar-refractivity contribution in [1.29, 1.82) is 0 Å². The molecule has 26 heavy (non-hydrogen) atoms. The average molecular weight is 344 g/mol. The van der Waals surface area contributed by atoms with E-state index in [1.54, 1.807) is 4.90 Å². The van der Waals surface area contributed by atoms with Crippen molar-refractivity contribution in [3.8, 4) is 0 Å². The summed E-state index contributed by atoms with van der Waals surface area (Å²) in [5.74, 6) is 0. The molecule has 0 amide bonds. The molecular formula is C23H26N3+. The molecule has 3 heteroatoms. The molecule has 0 saturated carbocycles. The Bertz CT molecular complexity index is 885. The van der Waals surface area contributed by atoms with Gasteiger partial charge >= 0.3 is 0 Å². The number of likely N-dealkylation sites (N-methyl/N-ethyl adjacent to an activating group) is 1. The molecule has 3 aromatic rings. The molecule has 1 heterocycles. The molecule has 1 fully saturated rings. The zero-order valence-electron chi connectivity index (χ0n) is 15.4. The highest BCUT2D eigenvalue weighted by Gasteiger charge is 2.18. The van der Waals surface area contributed by atoms with Crippen molar-refractivity contribution in [2.24, 2.45) is 4.99 Å². The van der Waals surface area contributed by atoms with Crippen molar-refractivity contribution in [2.45, 2.75) is 6.92 Å². The summed E-state index contributed by atoms with van der Waals surface area (Å²) < 4.78 is 0. The molecule has 0 aromatic heterocycles. The zero-order chi connectivity index (χ0) is 17.8.